The Morgan fingerprint density at radius 1 is 1.22 bits per heavy atom. The lowest BCUT2D eigenvalue weighted by Crippen LogP contribution is -2.04. The fourth-order valence-corrected chi connectivity index (χ4v) is 2.12. The molecular formula is C16H9F3N2O2. The molecule has 0 saturated carbocycles. The van der Waals surface area contributed by atoms with Crippen molar-refractivity contribution in [2.24, 2.45) is 0 Å². The zero-order valence-electron chi connectivity index (χ0n) is 11.8. The normalized spacial score (nSPS) is 11.4. The van der Waals surface area contributed by atoms with Crippen molar-refractivity contribution >= 4 is 11.1 Å². The zero-order chi connectivity index (χ0) is 16.6. The predicted molar refractivity (Wildman–Crippen MR) is 75.0 cm³/mol. The topological polar surface area (TPSA) is 59.0 Å². The van der Waals surface area contributed by atoms with E-state index in [4.69, 9.17) is 14.4 Å². The van der Waals surface area contributed by atoms with Gasteiger partial charge in [0.05, 0.1) is 11.1 Å². The van der Waals surface area contributed by atoms with E-state index >= 15 is 0 Å². The number of rotatable bonds is 2. The molecule has 0 aliphatic rings. The molecule has 0 atom stereocenters. The molecule has 0 saturated heterocycles. The van der Waals surface area contributed by atoms with Crippen molar-refractivity contribution in [2.75, 3.05) is 0 Å². The summed E-state index contributed by atoms with van der Waals surface area (Å²) in [5, 5.41) is 9.05. The van der Waals surface area contributed by atoms with Crippen LogP contribution in [0.25, 0.3) is 11.1 Å². The van der Waals surface area contributed by atoms with Crippen LogP contribution in [-0.4, -0.2) is 4.98 Å². The van der Waals surface area contributed by atoms with Gasteiger partial charge in [-0.25, -0.2) is 4.98 Å². The molecule has 0 spiro atoms. The monoisotopic (exact) mass is 318 g/mol. The van der Waals surface area contributed by atoms with Crippen molar-refractivity contribution in [2.45, 2.75) is 13.1 Å². The Hall–Kier alpha value is -3.01. The zero-order valence-corrected chi connectivity index (χ0v) is 11.8. The molecule has 0 amide bonds. The maximum absolute atomic E-state index is 12.7. The molecule has 1 heterocycles. The summed E-state index contributed by atoms with van der Waals surface area (Å²) in [6.07, 6.45) is -4.45. The lowest BCUT2D eigenvalue weighted by Gasteiger charge is -2.10. The highest BCUT2D eigenvalue weighted by Gasteiger charge is 2.30. The number of nitrogens with zero attached hydrogens (tertiary/aromatic N) is 2. The summed E-state index contributed by atoms with van der Waals surface area (Å²) < 4.78 is 49.1. The summed E-state index contributed by atoms with van der Waals surface area (Å²) in [5.41, 5.74) is 0.00153. The third-order valence-electron chi connectivity index (χ3n) is 3.12. The van der Waals surface area contributed by atoms with E-state index in [1.807, 2.05) is 6.07 Å². The van der Waals surface area contributed by atoms with Crippen molar-refractivity contribution in [3.63, 3.8) is 0 Å². The van der Waals surface area contributed by atoms with E-state index in [0.29, 0.717) is 11.4 Å². The first-order chi connectivity index (χ1) is 10.9. The number of alkyl halides is 3. The molecule has 4 nitrogen and oxygen atoms in total. The van der Waals surface area contributed by atoms with E-state index in [1.165, 1.54) is 24.3 Å². The van der Waals surface area contributed by atoms with Gasteiger partial charge in [-0.3, -0.25) is 0 Å². The highest BCUT2D eigenvalue weighted by Crippen LogP contribution is 2.35. The van der Waals surface area contributed by atoms with Crippen molar-refractivity contribution in [1.82, 2.24) is 4.98 Å². The van der Waals surface area contributed by atoms with Crippen LogP contribution in [0.3, 0.4) is 0 Å². The summed E-state index contributed by atoms with van der Waals surface area (Å²) in [5.74, 6) is 0.568. The van der Waals surface area contributed by atoms with Gasteiger partial charge in [0, 0.05) is 6.92 Å². The third kappa shape index (κ3) is 2.83. The van der Waals surface area contributed by atoms with Crippen molar-refractivity contribution < 1.29 is 22.3 Å². The molecule has 1 aromatic heterocycles. The van der Waals surface area contributed by atoms with E-state index in [-0.39, 0.29) is 22.6 Å². The van der Waals surface area contributed by atoms with Gasteiger partial charge in [-0.15, -0.1) is 0 Å². The number of halogens is 3. The summed E-state index contributed by atoms with van der Waals surface area (Å²) in [6.45, 7) is 1.61. The minimum Gasteiger partial charge on any atom is -0.455 e. The van der Waals surface area contributed by atoms with Crippen LogP contribution in [-0.2, 0) is 6.18 Å². The molecule has 3 aromatic rings. The minimum atomic E-state index is -4.45. The van der Waals surface area contributed by atoms with Gasteiger partial charge < -0.3 is 9.15 Å². The van der Waals surface area contributed by atoms with E-state index in [2.05, 4.69) is 4.98 Å². The fraction of sp³-hybridized carbons (Fsp3) is 0.125. The molecule has 3 rings (SSSR count). The fourth-order valence-electron chi connectivity index (χ4n) is 2.12. The average molecular weight is 318 g/mol. The first-order valence-corrected chi connectivity index (χ1v) is 6.54. The highest BCUT2D eigenvalue weighted by molar-refractivity contribution is 5.85. The second kappa shape index (κ2) is 5.32. The predicted octanol–water partition coefficient (Wildman–Crippen LogP) is 4.82. The molecule has 23 heavy (non-hydrogen) atoms. The largest absolute Gasteiger partial charge is 0.455 e. The van der Waals surface area contributed by atoms with Crippen molar-refractivity contribution in [3.05, 3.63) is 53.4 Å². The van der Waals surface area contributed by atoms with Gasteiger partial charge in [-0.2, -0.15) is 18.4 Å². The number of nitriles is 1. The lowest BCUT2D eigenvalue weighted by molar-refractivity contribution is -0.137. The highest BCUT2D eigenvalue weighted by atomic mass is 19.4. The van der Waals surface area contributed by atoms with E-state index in [0.717, 1.165) is 12.1 Å². The van der Waals surface area contributed by atoms with Crippen molar-refractivity contribution in [1.29, 1.82) is 5.26 Å². The smallest absolute Gasteiger partial charge is 0.416 e. The van der Waals surface area contributed by atoms with E-state index < -0.39 is 11.7 Å². The Morgan fingerprint density at radius 3 is 2.70 bits per heavy atom. The second-order valence-corrected chi connectivity index (χ2v) is 4.76. The van der Waals surface area contributed by atoms with Crippen LogP contribution >= 0.6 is 0 Å². The van der Waals surface area contributed by atoms with Crippen molar-refractivity contribution in [3.8, 4) is 17.6 Å². The number of ether oxygens (including phenoxy) is 1. The first kappa shape index (κ1) is 14.9. The van der Waals surface area contributed by atoms with Gasteiger partial charge in [0.15, 0.2) is 22.7 Å². The average Bonchev–Trinajstić information content (AvgIpc) is 2.89. The van der Waals surface area contributed by atoms with Crippen LogP contribution in [0.15, 0.2) is 40.8 Å². The Morgan fingerprint density at radius 2 is 2.00 bits per heavy atom. The quantitative estimate of drug-likeness (QED) is 0.680. The number of aromatic nitrogens is 1. The van der Waals surface area contributed by atoms with Gasteiger partial charge in [-0.1, -0.05) is 6.07 Å². The number of benzene rings is 2. The molecule has 0 aliphatic carbocycles. The molecule has 0 unspecified atom stereocenters. The molecule has 0 fully saturated rings. The Labute approximate surface area is 128 Å². The van der Waals surface area contributed by atoms with Crippen LogP contribution in [0.2, 0.25) is 0 Å². The van der Waals surface area contributed by atoms with E-state index in [9.17, 15) is 13.2 Å². The van der Waals surface area contributed by atoms with Crippen LogP contribution < -0.4 is 4.74 Å². The number of hydrogen-bond donors (Lipinski definition) is 0. The van der Waals surface area contributed by atoms with Crippen LogP contribution in [0.5, 0.6) is 11.5 Å². The summed E-state index contributed by atoms with van der Waals surface area (Å²) in [6, 6.07) is 9.43. The van der Waals surface area contributed by atoms with Gasteiger partial charge in [0.1, 0.15) is 11.8 Å². The van der Waals surface area contributed by atoms with Gasteiger partial charge in [-0.05, 0) is 30.3 Å². The maximum Gasteiger partial charge on any atom is 0.416 e. The molecule has 7 heteroatoms. The van der Waals surface area contributed by atoms with Gasteiger partial charge in [0.25, 0.3) is 0 Å². The van der Waals surface area contributed by atoms with Crippen LogP contribution in [0.1, 0.15) is 17.0 Å². The number of oxazole rings is 1. The van der Waals surface area contributed by atoms with E-state index in [1.54, 1.807) is 6.92 Å². The molecule has 2 aromatic carbocycles. The van der Waals surface area contributed by atoms with Gasteiger partial charge in [0.2, 0.25) is 0 Å². The standard InChI is InChI=1S/C16H9F3N2O2/c1-9-21-14-13(6-5-10(8-20)15(14)22-9)23-12-4-2-3-11(7-12)16(17,18)19/h2-7H,1H3. The Bertz CT molecular complexity index is 923. The molecule has 0 N–H and O–H groups in total. The molecule has 116 valence electrons. The maximum atomic E-state index is 12.7. The summed E-state index contributed by atoms with van der Waals surface area (Å²) >= 11 is 0. The molecule has 0 bridgehead atoms. The third-order valence-corrected chi connectivity index (χ3v) is 3.12. The SMILES string of the molecule is Cc1nc2c(Oc3cccc(C(F)(F)F)c3)ccc(C#N)c2o1. The van der Waals surface area contributed by atoms with Crippen LogP contribution in [0.4, 0.5) is 13.2 Å². The second-order valence-electron chi connectivity index (χ2n) is 4.76. The first-order valence-electron chi connectivity index (χ1n) is 6.54. The number of fused-ring (bicyclic) bond motifs is 1. The summed E-state index contributed by atoms with van der Waals surface area (Å²) in [4.78, 5) is 4.12. The Balaban J connectivity index is 2.05. The minimum absolute atomic E-state index is 0.0199. The molecular weight excluding hydrogens is 309 g/mol. The lowest BCUT2D eigenvalue weighted by atomic mass is 10.2. The number of hydrogen-bond acceptors (Lipinski definition) is 4. The van der Waals surface area contributed by atoms with Crippen LogP contribution in [0, 0.1) is 18.3 Å². The number of aryl methyl sites for hydroxylation is 1. The summed E-state index contributed by atoms with van der Waals surface area (Å²) in [7, 11) is 0. The van der Waals surface area contributed by atoms with Gasteiger partial charge >= 0.3 is 6.18 Å². The molecule has 0 aliphatic heterocycles. The molecule has 0 radical (unpaired) electrons. The Kier molecular flexibility index (Phi) is 3.45.